The molecule has 6 rings (SSSR count). The van der Waals surface area contributed by atoms with Crippen LogP contribution in [0.15, 0.2) is 48.7 Å². The molecular formula is C43H49NO18. The van der Waals surface area contributed by atoms with E-state index in [1.54, 1.807) is 18.2 Å². The van der Waals surface area contributed by atoms with Crippen LogP contribution in [0.3, 0.4) is 0 Å². The number of ether oxygens (including phenoxy) is 9. The van der Waals surface area contributed by atoms with Gasteiger partial charge in [-0.2, -0.15) is 0 Å². The normalized spacial score (nSPS) is 35.0. The Hall–Kier alpha value is -5.95. The van der Waals surface area contributed by atoms with Crippen LogP contribution < -0.4 is 0 Å². The van der Waals surface area contributed by atoms with Gasteiger partial charge in [-0.15, -0.1) is 0 Å². The molecule has 1 aromatic heterocycles. The van der Waals surface area contributed by atoms with Crippen LogP contribution in [0.4, 0.5) is 0 Å². The topological polar surface area (TPSA) is 253 Å². The van der Waals surface area contributed by atoms with E-state index in [1.807, 2.05) is 0 Å². The van der Waals surface area contributed by atoms with Crippen LogP contribution in [0.5, 0.6) is 0 Å². The van der Waals surface area contributed by atoms with Gasteiger partial charge in [0.1, 0.15) is 42.0 Å². The number of cyclic esters (lactones) is 1. The highest BCUT2D eigenvalue weighted by atomic mass is 16.7. The van der Waals surface area contributed by atoms with Crippen LogP contribution in [0.1, 0.15) is 88.2 Å². The largest absolute Gasteiger partial charge is 0.465 e. The fourth-order valence-corrected chi connectivity index (χ4v) is 9.74. The lowest BCUT2D eigenvalue weighted by molar-refractivity contribution is -0.386. The van der Waals surface area contributed by atoms with Gasteiger partial charge in [0.15, 0.2) is 30.0 Å². The highest BCUT2D eigenvalue weighted by molar-refractivity contribution is 5.91. The first kappa shape index (κ1) is 45.6. The molecule has 62 heavy (non-hydrogen) atoms. The molecule has 0 unspecified atom stereocenters. The third-order valence-electron chi connectivity index (χ3n) is 12.1. The molecule has 1 saturated heterocycles. The van der Waals surface area contributed by atoms with Gasteiger partial charge in [-0.05, 0) is 51.0 Å². The second-order valence-electron chi connectivity index (χ2n) is 16.4. The molecule has 0 amide bonds. The number of aryl methyl sites for hydroxylation is 1. The molecule has 19 nitrogen and oxygen atoms in total. The number of esters is 8. The second kappa shape index (κ2) is 17.1. The number of carbonyl (C=O) groups is 8. The molecule has 2 aliphatic heterocycles. The van der Waals surface area contributed by atoms with Gasteiger partial charge in [-0.1, -0.05) is 25.1 Å². The van der Waals surface area contributed by atoms with Gasteiger partial charge in [0.05, 0.1) is 28.7 Å². The quantitative estimate of drug-likeness (QED) is 0.295. The van der Waals surface area contributed by atoms with Crippen molar-refractivity contribution in [2.75, 3.05) is 13.2 Å². The molecule has 2 saturated carbocycles. The maximum Gasteiger partial charge on any atom is 0.340 e. The summed E-state index contributed by atoms with van der Waals surface area (Å²) in [5.41, 5.74) is -10.1. The van der Waals surface area contributed by atoms with E-state index >= 15 is 0 Å². The molecule has 334 valence electrons. The number of carbonyl (C=O) groups excluding carboxylic acids is 8. The first-order valence-electron chi connectivity index (χ1n) is 19.9. The van der Waals surface area contributed by atoms with E-state index in [1.165, 1.54) is 44.3 Å². The van der Waals surface area contributed by atoms with E-state index in [9.17, 15) is 43.5 Å². The summed E-state index contributed by atoms with van der Waals surface area (Å²) in [6, 6.07) is 10.5. The van der Waals surface area contributed by atoms with Crippen molar-refractivity contribution in [1.29, 1.82) is 0 Å². The molecule has 0 radical (unpaired) electrons. The summed E-state index contributed by atoms with van der Waals surface area (Å²) in [5.74, 6) is -10.7. The third-order valence-corrected chi connectivity index (χ3v) is 12.1. The minimum Gasteiger partial charge on any atom is -0.465 e. The first-order chi connectivity index (χ1) is 29.1. The zero-order valence-electron chi connectivity index (χ0n) is 35.4. The van der Waals surface area contributed by atoms with Crippen molar-refractivity contribution in [3.63, 3.8) is 0 Å². The monoisotopic (exact) mass is 867 g/mol. The second-order valence-corrected chi connectivity index (χ2v) is 16.4. The molecule has 2 aliphatic carbocycles. The predicted molar refractivity (Wildman–Crippen MR) is 205 cm³/mol. The fraction of sp³-hybridized carbons (Fsp3) is 0.558. The molecule has 12 atom stereocenters. The van der Waals surface area contributed by atoms with Gasteiger partial charge >= 0.3 is 47.8 Å². The first-order valence-corrected chi connectivity index (χ1v) is 19.9. The Bertz CT molecular complexity index is 2140. The van der Waals surface area contributed by atoms with Crippen LogP contribution >= 0.6 is 0 Å². The summed E-state index contributed by atoms with van der Waals surface area (Å²) < 4.78 is 55.3. The molecule has 1 aromatic carbocycles. The molecule has 3 fully saturated rings. The average molecular weight is 868 g/mol. The summed E-state index contributed by atoms with van der Waals surface area (Å²) in [6.45, 7) is 7.12. The van der Waals surface area contributed by atoms with E-state index in [0.717, 1.165) is 41.5 Å². The number of aliphatic hydroxyl groups is 1. The Morgan fingerprint density at radius 3 is 1.97 bits per heavy atom. The average Bonchev–Trinajstić information content (AvgIpc) is 3.42. The van der Waals surface area contributed by atoms with Crippen molar-refractivity contribution in [2.45, 2.75) is 122 Å². The Labute approximate surface area is 355 Å². The van der Waals surface area contributed by atoms with Crippen molar-refractivity contribution in [3.8, 4) is 0 Å². The smallest absolute Gasteiger partial charge is 0.340 e. The minimum absolute atomic E-state index is 0.0202. The molecule has 1 N–H and O–H groups in total. The summed E-state index contributed by atoms with van der Waals surface area (Å²) in [7, 11) is 0. The standard InChI is InChI=1S/C43H49NO18/c1-21-16-17-29-28(15-12-18-44-29)39(52)55-19-40(7)30-31(56-23(3)46)35(58-25(5)48)42(20-54-22(2)45)36(59-26(6)49)32(57-24(4)47)34(61-37(21)50)41(8,53)43(42,62-40)33(30)60-38(51)27-13-10-9-11-14-27/h9-15,18,21,30-36,53H,16-17,19-20H2,1-8H3/t21-,30-,31-,32+,33+,34+,35-,36+,40+,41+,42-,43+/m1/s1. The minimum atomic E-state index is -2.86. The molecule has 3 heterocycles. The Kier molecular flexibility index (Phi) is 12.6. The summed E-state index contributed by atoms with van der Waals surface area (Å²) in [5, 5.41) is 13.6. The van der Waals surface area contributed by atoms with Crippen molar-refractivity contribution < 1.29 is 86.1 Å². The number of fused-ring (bicyclic) bond motifs is 5. The number of hydrogen-bond donors (Lipinski definition) is 1. The van der Waals surface area contributed by atoms with Crippen LogP contribution in [0.25, 0.3) is 0 Å². The highest BCUT2D eigenvalue weighted by Gasteiger charge is 2.92. The maximum absolute atomic E-state index is 14.4. The van der Waals surface area contributed by atoms with Crippen molar-refractivity contribution in [1.82, 2.24) is 4.98 Å². The van der Waals surface area contributed by atoms with Gasteiger partial charge in [0.2, 0.25) is 0 Å². The zero-order valence-corrected chi connectivity index (χ0v) is 35.4. The fourth-order valence-electron chi connectivity index (χ4n) is 9.74. The number of rotatable bonds is 8. The van der Waals surface area contributed by atoms with E-state index < -0.39 is 132 Å². The summed E-state index contributed by atoms with van der Waals surface area (Å²) >= 11 is 0. The third kappa shape index (κ3) is 7.76. The lowest BCUT2D eigenvalue weighted by Crippen LogP contribution is -2.89. The van der Waals surface area contributed by atoms with Gasteiger partial charge in [-0.25, -0.2) is 9.59 Å². The van der Waals surface area contributed by atoms with Crippen LogP contribution in [-0.2, 0) is 77.8 Å². The lowest BCUT2D eigenvalue weighted by Gasteiger charge is -2.67. The van der Waals surface area contributed by atoms with Crippen LogP contribution in [0, 0.1) is 17.3 Å². The zero-order chi connectivity index (χ0) is 45.5. The number of hydrogen-bond acceptors (Lipinski definition) is 19. The SMILES string of the molecule is CC(=O)OC[C@]12[C@H](OC(C)=O)[C@H](OC(C)=O)[C@@H]3[C@H](OC(=O)c4ccccc4)[C@@]14O[C@@]3(C)COC(=O)c1cccnc1CC[C@@H](C)C(=O)O[C@@H]([C@H](OC(C)=O)[C@@H]2OC(C)=O)[C@]4(C)O. The Morgan fingerprint density at radius 1 is 0.774 bits per heavy atom. The van der Waals surface area contributed by atoms with E-state index in [2.05, 4.69) is 4.98 Å². The molecule has 4 aliphatic rings. The van der Waals surface area contributed by atoms with E-state index in [4.69, 9.17) is 42.6 Å². The van der Waals surface area contributed by atoms with Gasteiger partial charge in [-0.3, -0.25) is 33.8 Å². The molecule has 19 heteroatoms. The van der Waals surface area contributed by atoms with Crippen LogP contribution in [-0.4, -0.2) is 124 Å². The predicted octanol–water partition coefficient (Wildman–Crippen LogP) is 2.16. The molecule has 2 aromatic rings. The van der Waals surface area contributed by atoms with Gasteiger partial charge in [0, 0.05) is 40.8 Å². The maximum atomic E-state index is 14.4. The number of nitrogens with zero attached hydrogens (tertiary/aromatic N) is 1. The van der Waals surface area contributed by atoms with Gasteiger partial charge in [0.25, 0.3) is 0 Å². The molecular weight excluding hydrogens is 818 g/mol. The van der Waals surface area contributed by atoms with E-state index in [0.29, 0.717) is 0 Å². The number of aromatic nitrogens is 1. The summed E-state index contributed by atoms with van der Waals surface area (Å²) in [6.07, 6.45) is -10.6. The number of pyridine rings is 1. The van der Waals surface area contributed by atoms with Crippen LogP contribution in [0.2, 0.25) is 0 Å². The van der Waals surface area contributed by atoms with Crippen molar-refractivity contribution in [2.24, 2.45) is 17.3 Å². The Balaban J connectivity index is 1.79. The van der Waals surface area contributed by atoms with Gasteiger partial charge < -0.3 is 47.7 Å². The van der Waals surface area contributed by atoms with Crippen molar-refractivity contribution >= 4 is 47.8 Å². The Morgan fingerprint density at radius 2 is 1.37 bits per heavy atom. The molecule has 1 spiro atoms. The number of benzene rings is 1. The van der Waals surface area contributed by atoms with Crippen molar-refractivity contribution in [3.05, 3.63) is 65.5 Å². The molecule has 4 bridgehead atoms. The lowest BCUT2D eigenvalue weighted by atomic mass is 9.45. The highest BCUT2D eigenvalue weighted by Crippen LogP contribution is 2.70. The summed E-state index contributed by atoms with van der Waals surface area (Å²) in [4.78, 5) is 113. The van der Waals surface area contributed by atoms with E-state index in [-0.39, 0.29) is 29.7 Å².